The van der Waals surface area contributed by atoms with Crippen molar-refractivity contribution in [1.29, 1.82) is 0 Å². The summed E-state index contributed by atoms with van der Waals surface area (Å²) in [6, 6.07) is 7.83. The molecule has 3 nitrogen and oxygen atoms in total. The van der Waals surface area contributed by atoms with E-state index in [9.17, 15) is 4.79 Å². The van der Waals surface area contributed by atoms with Gasteiger partial charge in [0, 0.05) is 12.7 Å². The number of carbonyl (C=O) groups is 1. The van der Waals surface area contributed by atoms with Crippen LogP contribution >= 0.6 is 0 Å². The van der Waals surface area contributed by atoms with Crippen LogP contribution in [0.5, 0.6) is 0 Å². The lowest BCUT2D eigenvalue weighted by Crippen LogP contribution is -2.32. The van der Waals surface area contributed by atoms with Gasteiger partial charge in [-0.2, -0.15) is 0 Å². The van der Waals surface area contributed by atoms with Gasteiger partial charge in [0.2, 0.25) is 0 Å². The van der Waals surface area contributed by atoms with Gasteiger partial charge in [-0.15, -0.1) is 0 Å². The van der Waals surface area contributed by atoms with Crippen molar-refractivity contribution in [3.8, 4) is 0 Å². The highest BCUT2D eigenvalue weighted by Crippen LogP contribution is 2.13. The van der Waals surface area contributed by atoms with E-state index >= 15 is 0 Å². The molecule has 18 heavy (non-hydrogen) atoms. The lowest BCUT2D eigenvalue weighted by atomic mass is 9.97. The molecular weight excluding hydrogens is 224 g/mol. The number of benzene rings is 1. The van der Waals surface area contributed by atoms with Crippen LogP contribution < -0.4 is 10.6 Å². The van der Waals surface area contributed by atoms with Gasteiger partial charge < -0.3 is 10.6 Å². The van der Waals surface area contributed by atoms with E-state index in [0.717, 1.165) is 5.56 Å². The summed E-state index contributed by atoms with van der Waals surface area (Å²) in [6.45, 7) is 8.82. The van der Waals surface area contributed by atoms with E-state index < -0.39 is 0 Å². The second-order valence-electron chi connectivity index (χ2n) is 5.45. The van der Waals surface area contributed by atoms with Crippen LogP contribution in [-0.2, 0) is 6.54 Å². The monoisotopic (exact) mass is 246 g/mol. The first-order valence-electron chi connectivity index (χ1n) is 6.15. The van der Waals surface area contributed by atoms with Gasteiger partial charge in [-0.25, -0.2) is 4.79 Å². The lowest BCUT2D eigenvalue weighted by Gasteiger charge is -2.11. The van der Waals surface area contributed by atoms with Crippen LogP contribution in [0.15, 0.2) is 36.5 Å². The molecule has 3 heteroatoms. The van der Waals surface area contributed by atoms with Crippen molar-refractivity contribution in [3.05, 3.63) is 47.7 Å². The molecule has 0 aliphatic heterocycles. The highest BCUT2D eigenvalue weighted by Gasteiger charge is 2.04. The third kappa shape index (κ3) is 5.53. The third-order valence-electron chi connectivity index (χ3n) is 2.50. The van der Waals surface area contributed by atoms with E-state index in [1.807, 2.05) is 37.3 Å². The second kappa shape index (κ2) is 6.24. The molecule has 0 radical (unpaired) electrons. The van der Waals surface area contributed by atoms with Crippen molar-refractivity contribution < 1.29 is 4.79 Å². The Kier molecular flexibility index (Phi) is 4.95. The minimum absolute atomic E-state index is 0.0727. The number of urea groups is 1. The standard InChI is InChI=1S/C15H22N2O/c1-12-7-5-6-8-13(12)11-17-14(18)16-10-9-15(2,3)4/h5-10H,11H2,1-4H3,(H2,16,17,18)/b10-9+. The SMILES string of the molecule is Cc1ccccc1CNC(=O)N/C=C/C(C)(C)C. The molecule has 0 aliphatic carbocycles. The number of hydrogen-bond acceptors (Lipinski definition) is 1. The molecule has 1 aromatic carbocycles. The van der Waals surface area contributed by atoms with Crippen LogP contribution in [0, 0.1) is 12.3 Å². The van der Waals surface area contributed by atoms with E-state index in [4.69, 9.17) is 0 Å². The molecule has 2 amide bonds. The van der Waals surface area contributed by atoms with E-state index in [-0.39, 0.29) is 11.4 Å². The van der Waals surface area contributed by atoms with Crippen LogP contribution in [0.2, 0.25) is 0 Å². The van der Waals surface area contributed by atoms with Gasteiger partial charge in [-0.05, 0) is 23.5 Å². The fraction of sp³-hybridized carbons (Fsp3) is 0.400. The highest BCUT2D eigenvalue weighted by molar-refractivity contribution is 5.74. The normalized spacial score (nSPS) is 11.6. The molecule has 2 N–H and O–H groups in total. The van der Waals surface area contributed by atoms with E-state index in [1.54, 1.807) is 6.20 Å². The molecule has 0 unspecified atom stereocenters. The van der Waals surface area contributed by atoms with E-state index in [2.05, 4.69) is 31.4 Å². The summed E-state index contributed by atoms with van der Waals surface area (Å²) in [5.74, 6) is 0. The Morgan fingerprint density at radius 1 is 1.28 bits per heavy atom. The fourth-order valence-electron chi connectivity index (χ4n) is 1.40. The first-order valence-corrected chi connectivity index (χ1v) is 6.15. The number of hydrogen-bond donors (Lipinski definition) is 2. The average molecular weight is 246 g/mol. The van der Waals surface area contributed by atoms with Crippen LogP contribution in [0.1, 0.15) is 31.9 Å². The van der Waals surface area contributed by atoms with Crippen LogP contribution in [0.25, 0.3) is 0 Å². The summed E-state index contributed by atoms with van der Waals surface area (Å²) in [5.41, 5.74) is 2.39. The maximum absolute atomic E-state index is 11.5. The van der Waals surface area contributed by atoms with Crippen molar-refractivity contribution in [2.24, 2.45) is 5.41 Å². The summed E-state index contributed by atoms with van der Waals surface area (Å²) in [6.07, 6.45) is 3.65. The van der Waals surface area contributed by atoms with Crippen molar-refractivity contribution in [3.63, 3.8) is 0 Å². The Hall–Kier alpha value is -1.77. The highest BCUT2D eigenvalue weighted by atomic mass is 16.2. The van der Waals surface area contributed by atoms with Crippen LogP contribution in [0.4, 0.5) is 4.79 Å². The van der Waals surface area contributed by atoms with Crippen molar-refractivity contribution in [2.75, 3.05) is 0 Å². The van der Waals surface area contributed by atoms with Gasteiger partial charge in [0.25, 0.3) is 0 Å². The predicted molar refractivity (Wildman–Crippen MR) is 75.1 cm³/mol. The van der Waals surface area contributed by atoms with Crippen LogP contribution in [-0.4, -0.2) is 6.03 Å². The van der Waals surface area contributed by atoms with Gasteiger partial charge in [0.15, 0.2) is 0 Å². The molecule has 0 aromatic heterocycles. The van der Waals surface area contributed by atoms with Crippen molar-refractivity contribution in [2.45, 2.75) is 34.2 Å². The van der Waals surface area contributed by atoms with Crippen molar-refractivity contribution in [1.82, 2.24) is 10.6 Å². The van der Waals surface area contributed by atoms with Gasteiger partial charge >= 0.3 is 6.03 Å². The van der Waals surface area contributed by atoms with Gasteiger partial charge in [-0.3, -0.25) is 0 Å². The quantitative estimate of drug-likeness (QED) is 0.843. The molecule has 0 saturated carbocycles. The average Bonchev–Trinajstić information content (AvgIpc) is 2.26. The smallest absolute Gasteiger partial charge is 0.319 e. The Morgan fingerprint density at radius 2 is 1.94 bits per heavy atom. The molecular formula is C15H22N2O. The Morgan fingerprint density at radius 3 is 2.56 bits per heavy atom. The summed E-state index contributed by atoms with van der Waals surface area (Å²) in [7, 11) is 0. The molecule has 0 bridgehead atoms. The minimum atomic E-state index is -0.182. The molecule has 0 spiro atoms. The van der Waals surface area contributed by atoms with Crippen molar-refractivity contribution >= 4 is 6.03 Å². The largest absolute Gasteiger partial charge is 0.334 e. The number of carbonyl (C=O) groups excluding carboxylic acids is 1. The minimum Gasteiger partial charge on any atom is -0.334 e. The van der Waals surface area contributed by atoms with E-state index in [1.165, 1.54) is 5.56 Å². The molecule has 1 aromatic rings. The molecule has 98 valence electrons. The molecule has 0 fully saturated rings. The molecule has 0 aliphatic rings. The number of allylic oxidation sites excluding steroid dienone is 1. The number of aryl methyl sites for hydroxylation is 1. The fourth-order valence-corrected chi connectivity index (χ4v) is 1.40. The maximum atomic E-state index is 11.5. The van der Waals surface area contributed by atoms with Gasteiger partial charge in [0.1, 0.15) is 0 Å². The number of amides is 2. The molecule has 0 saturated heterocycles. The van der Waals surface area contributed by atoms with Gasteiger partial charge in [0.05, 0.1) is 0 Å². The number of rotatable bonds is 3. The Labute approximate surface area is 109 Å². The maximum Gasteiger partial charge on any atom is 0.319 e. The Bertz CT molecular complexity index is 430. The van der Waals surface area contributed by atoms with Gasteiger partial charge in [-0.1, -0.05) is 51.1 Å². The molecule has 1 rings (SSSR count). The van der Waals surface area contributed by atoms with E-state index in [0.29, 0.717) is 6.54 Å². The zero-order valence-corrected chi connectivity index (χ0v) is 11.6. The summed E-state index contributed by atoms with van der Waals surface area (Å²) >= 11 is 0. The number of nitrogens with one attached hydrogen (secondary N) is 2. The molecule has 0 heterocycles. The zero-order valence-electron chi connectivity index (χ0n) is 11.6. The summed E-state index contributed by atoms with van der Waals surface area (Å²) in [4.78, 5) is 11.5. The van der Waals surface area contributed by atoms with Crippen LogP contribution in [0.3, 0.4) is 0 Å². The first kappa shape index (κ1) is 14.3. The molecule has 0 atom stereocenters. The third-order valence-corrected chi connectivity index (χ3v) is 2.50. The predicted octanol–water partition coefficient (Wildman–Crippen LogP) is 3.35. The Balaban J connectivity index is 2.39. The lowest BCUT2D eigenvalue weighted by molar-refractivity contribution is 0.243. The first-order chi connectivity index (χ1) is 8.38. The second-order valence-corrected chi connectivity index (χ2v) is 5.45. The summed E-state index contributed by atoms with van der Waals surface area (Å²) < 4.78 is 0. The topological polar surface area (TPSA) is 41.1 Å². The summed E-state index contributed by atoms with van der Waals surface area (Å²) in [5, 5.41) is 5.52. The zero-order chi connectivity index (χ0) is 13.6.